The Labute approximate surface area is 157 Å². The van der Waals surface area contributed by atoms with Crippen LogP contribution >= 0.6 is 0 Å². The maximum absolute atomic E-state index is 12.8. The average molecular weight is 365 g/mol. The SMILES string of the molecule is C[C@@H]1Cc2c(C(=O)NCc3nc4ccccc4n3C3CC3)n[nH]c2[C@H](C)O1. The van der Waals surface area contributed by atoms with E-state index in [0.29, 0.717) is 24.7 Å². The number of amides is 1. The number of hydrogen-bond donors (Lipinski definition) is 2. The fourth-order valence-electron chi connectivity index (χ4n) is 4.06. The lowest BCUT2D eigenvalue weighted by Crippen LogP contribution is -2.28. The molecular weight excluding hydrogens is 342 g/mol. The van der Waals surface area contributed by atoms with E-state index in [1.54, 1.807) is 0 Å². The number of aromatic amines is 1. The summed E-state index contributed by atoms with van der Waals surface area (Å²) in [5.41, 5.74) is 4.46. The smallest absolute Gasteiger partial charge is 0.272 e. The van der Waals surface area contributed by atoms with Crippen molar-refractivity contribution in [2.24, 2.45) is 0 Å². The third-order valence-electron chi connectivity index (χ3n) is 5.44. The normalized spacial score (nSPS) is 22.0. The van der Waals surface area contributed by atoms with Gasteiger partial charge in [-0.3, -0.25) is 9.89 Å². The van der Waals surface area contributed by atoms with Crippen LogP contribution in [0.15, 0.2) is 24.3 Å². The van der Waals surface area contributed by atoms with Gasteiger partial charge in [-0.15, -0.1) is 0 Å². The Morgan fingerprint density at radius 3 is 2.96 bits per heavy atom. The molecule has 1 aliphatic heterocycles. The number of imidazole rings is 1. The highest BCUT2D eigenvalue weighted by molar-refractivity contribution is 5.94. The maximum atomic E-state index is 12.8. The summed E-state index contributed by atoms with van der Waals surface area (Å²) in [4.78, 5) is 17.5. The minimum absolute atomic E-state index is 0.0723. The molecule has 27 heavy (non-hydrogen) atoms. The van der Waals surface area contributed by atoms with Crippen LogP contribution in [0.5, 0.6) is 0 Å². The van der Waals surface area contributed by atoms with Gasteiger partial charge in [0.05, 0.1) is 35.5 Å². The monoisotopic (exact) mass is 365 g/mol. The molecule has 3 aromatic rings. The first-order chi connectivity index (χ1) is 13.1. The topological polar surface area (TPSA) is 84.8 Å². The zero-order chi connectivity index (χ0) is 18.5. The number of fused-ring (bicyclic) bond motifs is 2. The van der Waals surface area contributed by atoms with Crippen LogP contribution < -0.4 is 5.32 Å². The number of carbonyl (C=O) groups excluding carboxylic acids is 1. The van der Waals surface area contributed by atoms with Gasteiger partial charge in [-0.25, -0.2) is 4.98 Å². The van der Waals surface area contributed by atoms with Crippen molar-refractivity contribution in [1.29, 1.82) is 0 Å². The summed E-state index contributed by atoms with van der Waals surface area (Å²) in [5.74, 6) is 0.740. The number of nitrogens with zero attached hydrogens (tertiary/aromatic N) is 3. The molecule has 0 saturated heterocycles. The molecule has 1 amide bonds. The second-order valence-corrected chi connectivity index (χ2v) is 7.56. The summed E-state index contributed by atoms with van der Waals surface area (Å²) in [6, 6.07) is 8.65. The Hall–Kier alpha value is -2.67. The Bertz CT molecular complexity index is 1020. The first-order valence-electron chi connectivity index (χ1n) is 9.58. The number of aromatic nitrogens is 4. The van der Waals surface area contributed by atoms with Gasteiger partial charge in [-0.1, -0.05) is 12.1 Å². The van der Waals surface area contributed by atoms with E-state index in [9.17, 15) is 4.79 Å². The van der Waals surface area contributed by atoms with Crippen molar-refractivity contribution in [3.63, 3.8) is 0 Å². The fraction of sp³-hybridized carbons (Fsp3) is 0.450. The molecule has 2 atom stereocenters. The molecule has 2 aliphatic rings. The van der Waals surface area contributed by atoms with E-state index < -0.39 is 0 Å². The van der Waals surface area contributed by atoms with Crippen LogP contribution in [0.4, 0.5) is 0 Å². The number of rotatable bonds is 4. The molecule has 0 unspecified atom stereocenters. The minimum Gasteiger partial charge on any atom is -0.369 e. The number of benzene rings is 1. The lowest BCUT2D eigenvalue weighted by atomic mass is 9.99. The minimum atomic E-state index is -0.164. The van der Waals surface area contributed by atoms with Gasteiger partial charge in [0.15, 0.2) is 5.69 Å². The van der Waals surface area contributed by atoms with E-state index in [2.05, 4.69) is 26.1 Å². The second kappa shape index (κ2) is 6.20. The lowest BCUT2D eigenvalue weighted by Gasteiger charge is -2.25. The van der Waals surface area contributed by atoms with Crippen molar-refractivity contribution in [2.45, 2.75) is 57.9 Å². The molecule has 3 heterocycles. The van der Waals surface area contributed by atoms with Gasteiger partial charge in [-0.05, 0) is 38.8 Å². The van der Waals surface area contributed by atoms with Crippen molar-refractivity contribution in [3.8, 4) is 0 Å². The summed E-state index contributed by atoms with van der Waals surface area (Å²) >= 11 is 0. The molecule has 2 N–H and O–H groups in total. The van der Waals surface area contributed by atoms with Gasteiger partial charge in [0, 0.05) is 18.0 Å². The molecule has 1 fully saturated rings. The van der Waals surface area contributed by atoms with E-state index in [4.69, 9.17) is 9.72 Å². The highest BCUT2D eigenvalue weighted by Crippen LogP contribution is 2.38. The quantitative estimate of drug-likeness (QED) is 0.744. The number of H-pyrrole nitrogens is 1. The number of hydrogen-bond acceptors (Lipinski definition) is 4. The Morgan fingerprint density at radius 1 is 1.33 bits per heavy atom. The molecule has 2 aromatic heterocycles. The standard InChI is InChI=1S/C20H23N5O2/c1-11-9-14-18(12(2)27-11)23-24-19(14)20(26)21-10-17-22-15-5-3-4-6-16(15)25(17)13-7-8-13/h3-6,11-13H,7-10H2,1-2H3,(H,21,26)(H,23,24)/t11-,12+/m1/s1. The molecule has 1 aliphatic carbocycles. The molecule has 1 saturated carbocycles. The summed E-state index contributed by atoms with van der Waals surface area (Å²) in [6.07, 6.45) is 3.04. The second-order valence-electron chi connectivity index (χ2n) is 7.56. The lowest BCUT2D eigenvalue weighted by molar-refractivity contribution is -0.00697. The molecule has 5 rings (SSSR count). The van der Waals surface area contributed by atoms with Crippen LogP contribution in [0.25, 0.3) is 11.0 Å². The van der Waals surface area contributed by atoms with Crippen molar-refractivity contribution in [2.75, 3.05) is 0 Å². The molecule has 140 valence electrons. The number of carbonyl (C=O) groups is 1. The number of nitrogens with one attached hydrogen (secondary N) is 2. The zero-order valence-electron chi connectivity index (χ0n) is 15.5. The third kappa shape index (κ3) is 2.82. The van der Waals surface area contributed by atoms with Gasteiger partial charge >= 0.3 is 0 Å². The predicted octanol–water partition coefficient (Wildman–Crippen LogP) is 3.05. The van der Waals surface area contributed by atoms with Crippen LogP contribution in [0.1, 0.15) is 66.4 Å². The molecular formula is C20H23N5O2. The molecule has 1 aromatic carbocycles. The van der Waals surface area contributed by atoms with Crippen molar-refractivity contribution in [1.82, 2.24) is 25.1 Å². The molecule has 0 bridgehead atoms. The Morgan fingerprint density at radius 2 is 2.15 bits per heavy atom. The van der Waals surface area contributed by atoms with Crippen molar-refractivity contribution in [3.05, 3.63) is 47.0 Å². The third-order valence-corrected chi connectivity index (χ3v) is 5.44. The van der Waals surface area contributed by atoms with Crippen LogP contribution in [0, 0.1) is 0 Å². The molecule has 7 heteroatoms. The molecule has 7 nitrogen and oxygen atoms in total. The summed E-state index contributed by atoms with van der Waals surface area (Å²) in [7, 11) is 0. The largest absolute Gasteiger partial charge is 0.369 e. The van der Waals surface area contributed by atoms with Crippen LogP contribution in [0.2, 0.25) is 0 Å². The summed E-state index contributed by atoms with van der Waals surface area (Å²) in [6.45, 7) is 4.39. The number of ether oxygens (including phenoxy) is 1. The predicted molar refractivity (Wildman–Crippen MR) is 100 cm³/mol. The average Bonchev–Trinajstić information content (AvgIpc) is 3.27. The molecule has 0 spiro atoms. The highest BCUT2D eigenvalue weighted by atomic mass is 16.5. The fourth-order valence-corrected chi connectivity index (χ4v) is 4.06. The van der Waals surface area contributed by atoms with Gasteiger partial charge in [0.1, 0.15) is 5.82 Å². The summed E-state index contributed by atoms with van der Waals surface area (Å²) in [5, 5.41) is 10.3. The first kappa shape index (κ1) is 16.5. The zero-order valence-corrected chi connectivity index (χ0v) is 15.5. The molecule has 0 radical (unpaired) electrons. The van der Waals surface area contributed by atoms with Gasteiger partial charge < -0.3 is 14.6 Å². The van der Waals surface area contributed by atoms with E-state index >= 15 is 0 Å². The van der Waals surface area contributed by atoms with Crippen LogP contribution in [-0.2, 0) is 17.7 Å². The van der Waals surface area contributed by atoms with Crippen molar-refractivity contribution >= 4 is 16.9 Å². The summed E-state index contributed by atoms with van der Waals surface area (Å²) < 4.78 is 8.07. The maximum Gasteiger partial charge on any atom is 0.272 e. The van der Waals surface area contributed by atoms with Crippen LogP contribution in [-0.4, -0.2) is 31.8 Å². The van der Waals surface area contributed by atoms with Gasteiger partial charge in [0.25, 0.3) is 5.91 Å². The number of para-hydroxylation sites is 2. The van der Waals surface area contributed by atoms with E-state index in [0.717, 1.165) is 28.1 Å². The Balaban J connectivity index is 1.39. The van der Waals surface area contributed by atoms with E-state index in [1.165, 1.54) is 12.8 Å². The highest BCUT2D eigenvalue weighted by Gasteiger charge is 2.31. The van der Waals surface area contributed by atoms with Gasteiger partial charge in [-0.2, -0.15) is 5.10 Å². The van der Waals surface area contributed by atoms with E-state index in [-0.39, 0.29) is 18.1 Å². The van der Waals surface area contributed by atoms with E-state index in [1.807, 2.05) is 32.0 Å². The van der Waals surface area contributed by atoms with Crippen LogP contribution in [0.3, 0.4) is 0 Å². The first-order valence-corrected chi connectivity index (χ1v) is 9.58. The van der Waals surface area contributed by atoms with Gasteiger partial charge in [0.2, 0.25) is 0 Å². The Kier molecular flexibility index (Phi) is 3.79. The van der Waals surface area contributed by atoms with Crippen molar-refractivity contribution < 1.29 is 9.53 Å².